The molecule has 2 aliphatic rings. The summed E-state index contributed by atoms with van der Waals surface area (Å²) in [7, 11) is 1.46. The van der Waals surface area contributed by atoms with Crippen molar-refractivity contribution in [2.75, 3.05) is 18.2 Å². The molecule has 0 saturated heterocycles. The number of aromatic nitrogens is 2. The molecule has 0 radical (unpaired) electrons. The number of hydrogen-bond donors (Lipinski definition) is 3. The highest BCUT2D eigenvalue weighted by atomic mass is 32.2. The van der Waals surface area contributed by atoms with Gasteiger partial charge in [0.1, 0.15) is 5.82 Å². The van der Waals surface area contributed by atoms with Crippen molar-refractivity contribution in [2.24, 2.45) is 5.41 Å². The Labute approximate surface area is 184 Å². The van der Waals surface area contributed by atoms with Crippen molar-refractivity contribution in [3.8, 4) is 11.5 Å². The molecule has 7 nitrogen and oxygen atoms in total. The SMILES string of the molecule is C=CCSc1nc2c(c(=O)[nH]1)C(c1ccc(O)c(OC)c1)C1=C(CC(C)(C)CC1=O)N2. The quantitative estimate of drug-likeness (QED) is 0.368. The Balaban J connectivity index is 1.94. The molecule has 2 aromatic rings. The number of allylic oxidation sites excluding steroid dienone is 2. The Hall–Kier alpha value is -3.00. The van der Waals surface area contributed by atoms with Crippen LogP contribution in [-0.4, -0.2) is 33.7 Å². The summed E-state index contributed by atoms with van der Waals surface area (Å²) in [5.41, 5.74) is 1.96. The number of phenolic OH excluding ortho intramolecular Hbond substituents is 1. The number of methoxy groups -OCH3 is 1. The van der Waals surface area contributed by atoms with Crippen LogP contribution < -0.4 is 15.6 Å². The molecule has 1 aromatic heterocycles. The molecule has 0 amide bonds. The molecular formula is C23H25N3O4S. The number of nitrogens with zero attached hydrogens (tertiary/aromatic N) is 1. The second-order valence-corrected chi connectivity index (χ2v) is 9.56. The average Bonchev–Trinajstić information content (AvgIpc) is 2.70. The van der Waals surface area contributed by atoms with Crippen molar-refractivity contribution in [3.63, 3.8) is 0 Å². The van der Waals surface area contributed by atoms with Crippen LogP contribution in [-0.2, 0) is 4.79 Å². The number of nitrogens with one attached hydrogen (secondary N) is 2. The molecule has 4 rings (SSSR count). The van der Waals surface area contributed by atoms with Gasteiger partial charge in [0, 0.05) is 29.4 Å². The number of phenols is 1. The molecular weight excluding hydrogens is 414 g/mol. The van der Waals surface area contributed by atoms with Gasteiger partial charge in [-0.05, 0) is 29.5 Å². The number of aromatic hydroxyl groups is 1. The van der Waals surface area contributed by atoms with Crippen molar-refractivity contribution in [3.05, 3.63) is 63.6 Å². The normalized spacial score (nSPS) is 19.3. The fraction of sp³-hybridized carbons (Fsp3) is 0.348. The first kappa shape index (κ1) is 21.2. The Bertz CT molecular complexity index is 1170. The van der Waals surface area contributed by atoms with E-state index in [-0.39, 0.29) is 28.3 Å². The molecule has 8 heteroatoms. The summed E-state index contributed by atoms with van der Waals surface area (Å²) >= 11 is 1.38. The summed E-state index contributed by atoms with van der Waals surface area (Å²) in [6.07, 6.45) is 2.81. The lowest BCUT2D eigenvalue weighted by Crippen LogP contribution is -2.37. The van der Waals surface area contributed by atoms with Gasteiger partial charge >= 0.3 is 0 Å². The van der Waals surface area contributed by atoms with E-state index in [1.165, 1.54) is 24.9 Å². The fourth-order valence-corrected chi connectivity index (χ4v) is 4.90. The Morgan fingerprint density at radius 3 is 2.84 bits per heavy atom. The van der Waals surface area contributed by atoms with Gasteiger partial charge in [-0.1, -0.05) is 37.8 Å². The molecule has 2 heterocycles. The van der Waals surface area contributed by atoms with Crippen LogP contribution in [0.4, 0.5) is 5.82 Å². The number of aromatic amines is 1. The predicted octanol–water partition coefficient (Wildman–Crippen LogP) is 3.96. The first-order valence-electron chi connectivity index (χ1n) is 10.0. The maximum atomic E-state index is 13.3. The standard InChI is InChI=1S/C23H25N3O4S/c1-5-8-31-22-25-20-19(21(29)26-22)17(12-6-7-14(27)16(9-12)30-4)18-13(24-20)10-23(2,3)11-15(18)28/h5-7,9,17,27H,1,8,10-11H2,2-4H3,(H2,24,25,26,29). The number of rotatable bonds is 5. The Morgan fingerprint density at radius 1 is 1.35 bits per heavy atom. The molecule has 1 aromatic carbocycles. The lowest BCUT2D eigenvalue weighted by atomic mass is 9.69. The summed E-state index contributed by atoms with van der Waals surface area (Å²) in [6.45, 7) is 7.82. The molecule has 162 valence electrons. The van der Waals surface area contributed by atoms with Crippen LogP contribution in [0.5, 0.6) is 11.5 Å². The van der Waals surface area contributed by atoms with Gasteiger partial charge in [0.25, 0.3) is 5.56 Å². The highest BCUT2D eigenvalue weighted by molar-refractivity contribution is 7.99. The minimum absolute atomic E-state index is 0.00551. The van der Waals surface area contributed by atoms with E-state index in [1.54, 1.807) is 18.2 Å². The number of thioether (sulfide) groups is 1. The maximum Gasteiger partial charge on any atom is 0.257 e. The van der Waals surface area contributed by atoms with E-state index in [2.05, 4.69) is 35.7 Å². The second-order valence-electron chi connectivity index (χ2n) is 8.56. The van der Waals surface area contributed by atoms with E-state index in [4.69, 9.17) is 4.74 Å². The Kier molecular flexibility index (Phi) is 5.43. The lowest BCUT2D eigenvalue weighted by Gasteiger charge is -2.38. The van der Waals surface area contributed by atoms with Crippen LogP contribution in [0.25, 0.3) is 0 Å². The van der Waals surface area contributed by atoms with E-state index in [1.807, 2.05) is 0 Å². The van der Waals surface area contributed by atoms with E-state index in [0.717, 1.165) is 5.70 Å². The number of anilines is 1. The van der Waals surface area contributed by atoms with E-state index < -0.39 is 5.92 Å². The monoisotopic (exact) mass is 439 g/mol. The van der Waals surface area contributed by atoms with Crippen molar-refractivity contribution in [1.82, 2.24) is 9.97 Å². The third-order valence-corrected chi connectivity index (χ3v) is 6.44. The number of Topliss-reactive ketones (excluding diaryl/α,β-unsaturated/α-hetero) is 1. The van der Waals surface area contributed by atoms with Crippen LogP contribution in [0.3, 0.4) is 0 Å². The van der Waals surface area contributed by atoms with Gasteiger partial charge in [-0.15, -0.1) is 6.58 Å². The van der Waals surface area contributed by atoms with Gasteiger partial charge in [-0.3, -0.25) is 9.59 Å². The largest absolute Gasteiger partial charge is 0.504 e. The van der Waals surface area contributed by atoms with Crippen LogP contribution in [0, 0.1) is 5.41 Å². The summed E-state index contributed by atoms with van der Waals surface area (Å²) in [6, 6.07) is 4.91. The molecule has 3 N–H and O–H groups in total. The molecule has 1 unspecified atom stereocenters. The van der Waals surface area contributed by atoms with Gasteiger partial charge in [-0.25, -0.2) is 4.98 Å². The summed E-state index contributed by atoms with van der Waals surface area (Å²) in [5.74, 6) is 0.751. The molecule has 0 fully saturated rings. The van der Waals surface area contributed by atoms with Crippen LogP contribution in [0.15, 0.2) is 52.1 Å². The van der Waals surface area contributed by atoms with Gasteiger partial charge in [0.15, 0.2) is 22.4 Å². The number of hydrogen-bond acceptors (Lipinski definition) is 7. The van der Waals surface area contributed by atoms with Gasteiger partial charge < -0.3 is 20.1 Å². The third kappa shape index (κ3) is 3.87. The molecule has 0 saturated carbocycles. The van der Waals surface area contributed by atoms with E-state index in [0.29, 0.717) is 46.3 Å². The van der Waals surface area contributed by atoms with Gasteiger partial charge in [0.05, 0.1) is 12.7 Å². The summed E-state index contributed by atoms with van der Waals surface area (Å²) in [5, 5.41) is 13.8. The average molecular weight is 440 g/mol. The topological polar surface area (TPSA) is 104 Å². The van der Waals surface area contributed by atoms with Crippen molar-refractivity contribution in [2.45, 2.75) is 37.8 Å². The van der Waals surface area contributed by atoms with Crippen molar-refractivity contribution >= 4 is 23.4 Å². The van der Waals surface area contributed by atoms with Crippen molar-refractivity contribution in [1.29, 1.82) is 0 Å². The minimum atomic E-state index is -0.598. The molecule has 0 bridgehead atoms. The maximum absolute atomic E-state index is 13.3. The first-order valence-corrected chi connectivity index (χ1v) is 11.0. The number of carbonyl (C=O) groups excluding carboxylic acids is 1. The first-order chi connectivity index (χ1) is 14.7. The number of carbonyl (C=O) groups is 1. The van der Waals surface area contributed by atoms with Crippen molar-refractivity contribution < 1.29 is 14.6 Å². The summed E-state index contributed by atoms with van der Waals surface area (Å²) < 4.78 is 5.27. The number of ether oxygens (including phenoxy) is 1. The van der Waals surface area contributed by atoms with Gasteiger partial charge in [-0.2, -0.15) is 0 Å². The zero-order valence-corrected chi connectivity index (χ0v) is 18.6. The highest BCUT2D eigenvalue weighted by Crippen LogP contribution is 2.48. The van der Waals surface area contributed by atoms with Crippen LogP contribution in [0.2, 0.25) is 0 Å². The molecule has 0 spiro atoms. The third-order valence-electron chi connectivity index (χ3n) is 5.58. The summed E-state index contributed by atoms with van der Waals surface area (Å²) in [4.78, 5) is 33.9. The highest BCUT2D eigenvalue weighted by Gasteiger charge is 2.42. The van der Waals surface area contributed by atoms with Gasteiger partial charge in [0.2, 0.25) is 0 Å². The molecule has 1 atom stereocenters. The zero-order valence-electron chi connectivity index (χ0n) is 17.7. The van der Waals surface area contributed by atoms with Crippen LogP contribution >= 0.6 is 11.8 Å². The lowest BCUT2D eigenvalue weighted by molar-refractivity contribution is -0.118. The number of fused-ring (bicyclic) bond motifs is 1. The number of ketones is 1. The van der Waals surface area contributed by atoms with E-state index in [9.17, 15) is 14.7 Å². The molecule has 1 aliphatic carbocycles. The zero-order chi connectivity index (χ0) is 22.3. The smallest absolute Gasteiger partial charge is 0.257 e. The van der Waals surface area contributed by atoms with Crippen LogP contribution in [0.1, 0.15) is 43.7 Å². The van der Waals surface area contributed by atoms with E-state index >= 15 is 0 Å². The molecule has 31 heavy (non-hydrogen) atoms. The number of H-pyrrole nitrogens is 1. The minimum Gasteiger partial charge on any atom is -0.504 e. The Morgan fingerprint density at radius 2 is 2.13 bits per heavy atom. The molecule has 1 aliphatic heterocycles. The number of benzene rings is 1. The predicted molar refractivity (Wildman–Crippen MR) is 121 cm³/mol. The second kappa shape index (κ2) is 7.92. The fourth-order valence-electron chi connectivity index (χ4n) is 4.31.